The first-order chi connectivity index (χ1) is 13.3. The van der Waals surface area contributed by atoms with Gasteiger partial charge in [0.05, 0.1) is 22.3 Å². The molecule has 9 heteroatoms. The first-order valence-corrected chi connectivity index (χ1v) is 8.64. The molecule has 2 aromatic rings. The van der Waals surface area contributed by atoms with Gasteiger partial charge < -0.3 is 30.4 Å². The zero-order chi connectivity index (χ0) is 20.5. The number of benzene rings is 2. The maximum absolute atomic E-state index is 11.2. The van der Waals surface area contributed by atoms with Crippen molar-refractivity contribution in [2.75, 3.05) is 25.3 Å². The number of nitrogens with zero attached hydrogens (tertiary/aromatic N) is 1. The molecule has 0 amide bonds. The molecule has 1 aliphatic heterocycles. The maximum Gasteiger partial charge on any atom is 0.270 e. The van der Waals surface area contributed by atoms with Gasteiger partial charge in [0.1, 0.15) is 11.9 Å². The molecule has 1 heterocycles. The zero-order valence-electron chi connectivity index (χ0n) is 15.8. The van der Waals surface area contributed by atoms with Crippen LogP contribution in [-0.4, -0.2) is 42.2 Å². The highest BCUT2D eigenvalue weighted by molar-refractivity contribution is 5.67. The van der Waals surface area contributed by atoms with E-state index in [2.05, 4.69) is 5.32 Å². The first kappa shape index (κ1) is 19.9. The Kier molecular flexibility index (Phi) is 5.41. The van der Waals surface area contributed by atoms with Crippen LogP contribution in [0.25, 0.3) is 0 Å². The summed E-state index contributed by atoms with van der Waals surface area (Å²) in [7, 11) is 2.89. The Bertz CT molecular complexity index is 872. The molecule has 2 aromatic carbocycles. The van der Waals surface area contributed by atoms with Crippen molar-refractivity contribution >= 4 is 17.1 Å². The number of nitro groups is 1. The van der Waals surface area contributed by atoms with Crippen LogP contribution in [0.5, 0.6) is 5.75 Å². The summed E-state index contributed by atoms with van der Waals surface area (Å²) in [6.07, 6.45) is -2.06. The number of hydrogen-bond acceptors (Lipinski definition) is 8. The second-order valence-electron chi connectivity index (χ2n) is 6.72. The number of rotatable bonds is 6. The van der Waals surface area contributed by atoms with Gasteiger partial charge in [0.15, 0.2) is 11.9 Å². The molecule has 0 fully saturated rings. The number of para-hydroxylation sites is 2. The highest BCUT2D eigenvalue weighted by atomic mass is 16.7. The molecule has 0 spiro atoms. The average molecular weight is 389 g/mol. The summed E-state index contributed by atoms with van der Waals surface area (Å²) in [6, 6.07) is 10.5. The Balaban J connectivity index is 2.12. The molecule has 0 saturated heterocycles. The molecular weight excluding hydrogens is 366 g/mol. The molecule has 3 rings (SSSR count). The number of anilines is 2. The van der Waals surface area contributed by atoms with Crippen LogP contribution in [0.2, 0.25) is 0 Å². The van der Waals surface area contributed by atoms with Crippen LogP contribution >= 0.6 is 0 Å². The van der Waals surface area contributed by atoms with Crippen molar-refractivity contribution in [1.29, 1.82) is 0 Å². The van der Waals surface area contributed by atoms with Crippen molar-refractivity contribution in [3.63, 3.8) is 0 Å². The Morgan fingerprint density at radius 1 is 1.29 bits per heavy atom. The third-order valence-corrected chi connectivity index (χ3v) is 4.94. The smallest absolute Gasteiger partial charge is 0.270 e. The van der Waals surface area contributed by atoms with E-state index >= 15 is 0 Å². The largest absolute Gasteiger partial charge is 0.479 e. The minimum Gasteiger partial charge on any atom is -0.479 e. The predicted molar refractivity (Wildman–Crippen MR) is 103 cm³/mol. The highest BCUT2D eigenvalue weighted by Crippen LogP contribution is 2.45. The van der Waals surface area contributed by atoms with Crippen LogP contribution in [0.15, 0.2) is 42.5 Å². The fourth-order valence-corrected chi connectivity index (χ4v) is 3.49. The lowest BCUT2D eigenvalue weighted by atomic mass is 9.84. The van der Waals surface area contributed by atoms with Gasteiger partial charge in [0, 0.05) is 31.9 Å². The number of methoxy groups -OCH3 is 2. The Morgan fingerprint density at radius 3 is 2.57 bits per heavy atom. The van der Waals surface area contributed by atoms with Crippen LogP contribution in [0.3, 0.4) is 0 Å². The molecule has 0 unspecified atom stereocenters. The van der Waals surface area contributed by atoms with Gasteiger partial charge in [-0.15, -0.1) is 0 Å². The number of aliphatic hydroxyl groups is 1. The number of aliphatic hydroxyl groups excluding tert-OH is 1. The van der Waals surface area contributed by atoms with Gasteiger partial charge in [-0.05, 0) is 25.1 Å². The SMILES string of the molecule is COC(OC)[C@]1(C)Oc2ccc([N+](=O)[O-])cc2[C@H](Nc2ccccc2N)[C@@H]1O. The Labute approximate surface area is 162 Å². The van der Waals surface area contributed by atoms with E-state index in [0.717, 1.165) is 0 Å². The molecule has 4 N–H and O–H groups in total. The molecule has 150 valence electrons. The Morgan fingerprint density at radius 2 is 1.96 bits per heavy atom. The van der Waals surface area contributed by atoms with Gasteiger partial charge in [-0.1, -0.05) is 12.1 Å². The lowest BCUT2D eigenvalue weighted by molar-refractivity contribution is -0.385. The van der Waals surface area contributed by atoms with Crippen molar-refractivity contribution in [1.82, 2.24) is 0 Å². The molecule has 28 heavy (non-hydrogen) atoms. The summed E-state index contributed by atoms with van der Waals surface area (Å²) in [5.41, 5.74) is 6.13. The van der Waals surface area contributed by atoms with Gasteiger partial charge in [-0.3, -0.25) is 10.1 Å². The van der Waals surface area contributed by atoms with Crippen LogP contribution < -0.4 is 15.8 Å². The summed E-state index contributed by atoms with van der Waals surface area (Å²) >= 11 is 0. The summed E-state index contributed by atoms with van der Waals surface area (Å²) in [5.74, 6) is 0.379. The lowest BCUT2D eigenvalue weighted by Crippen LogP contribution is -2.60. The predicted octanol–water partition coefficient (Wildman–Crippen LogP) is 2.46. The van der Waals surface area contributed by atoms with Crippen LogP contribution in [0, 0.1) is 10.1 Å². The van der Waals surface area contributed by atoms with Crippen molar-refractivity contribution in [2.24, 2.45) is 0 Å². The number of fused-ring (bicyclic) bond motifs is 1. The second kappa shape index (κ2) is 7.63. The van der Waals surface area contributed by atoms with Crippen molar-refractivity contribution in [3.05, 3.63) is 58.1 Å². The summed E-state index contributed by atoms with van der Waals surface area (Å²) in [4.78, 5) is 10.7. The Hall–Kier alpha value is -2.88. The van der Waals surface area contributed by atoms with Gasteiger partial charge in [-0.25, -0.2) is 0 Å². The number of nitrogens with one attached hydrogen (secondary N) is 1. The standard InChI is InChI=1S/C19H23N3O6/c1-19(18(26-2)27-3)17(23)16(21-14-7-5-4-6-13(14)20)12-10-11(22(24)25)8-9-15(12)28-19/h4-10,16-18,21,23H,20H2,1-3H3/t16-,17-,19+/m0/s1. The number of nitrogens with two attached hydrogens (primary N) is 1. The van der Waals surface area contributed by atoms with Crippen LogP contribution in [-0.2, 0) is 9.47 Å². The molecule has 0 bridgehead atoms. The van der Waals surface area contributed by atoms with E-state index in [4.69, 9.17) is 19.9 Å². The van der Waals surface area contributed by atoms with Crippen molar-refractivity contribution < 1.29 is 24.2 Å². The van der Waals surface area contributed by atoms with Crippen molar-refractivity contribution in [2.45, 2.75) is 31.0 Å². The third-order valence-electron chi connectivity index (χ3n) is 4.94. The van der Waals surface area contributed by atoms with E-state index in [9.17, 15) is 15.2 Å². The number of non-ortho nitro benzene ring substituents is 1. The molecular formula is C19H23N3O6. The fourth-order valence-electron chi connectivity index (χ4n) is 3.49. The molecule has 9 nitrogen and oxygen atoms in total. The molecule has 0 radical (unpaired) electrons. The maximum atomic E-state index is 11.2. The van der Waals surface area contributed by atoms with Crippen molar-refractivity contribution in [3.8, 4) is 5.75 Å². The van der Waals surface area contributed by atoms with E-state index in [1.54, 1.807) is 31.2 Å². The molecule has 0 aliphatic carbocycles. The number of nitrogen functional groups attached to an aromatic ring is 1. The minimum atomic E-state index is -1.28. The monoisotopic (exact) mass is 389 g/mol. The lowest BCUT2D eigenvalue weighted by Gasteiger charge is -2.46. The summed E-state index contributed by atoms with van der Waals surface area (Å²) in [6.45, 7) is 1.66. The van der Waals surface area contributed by atoms with Crippen LogP contribution in [0.1, 0.15) is 18.5 Å². The van der Waals surface area contributed by atoms with Gasteiger partial charge in [0.25, 0.3) is 5.69 Å². The van der Waals surface area contributed by atoms with Gasteiger partial charge >= 0.3 is 0 Å². The normalized spacial score (nSPS) is 23.8. The second-order valence-corrected chi connectivity index (χ2v) is 6.72. The summed E-state index contributed by atoms with van der Waals surface area (Å²) < 4.78 is 16.7. The van der Waals surface area contributed by atoms with E-state index in [1.807, 2.05) is 0 Å². The zero-order valence-corrected chi connectivity index (χ0v) is 15.8. The third kappa shape index (κ3) is 3.35. The molecule has 0 saturated carbocycles. The van der Waals surface area contributed by atoms with E-state index < -0.39 is 29.0 Å². The van der Waals surface area contributed by atoms with E-state index in [1.165, 1.54) is 32.4 Å². The fraction of sp³-hybridized carbons (Fsp3) is 0.368. The van der Waals surface area contributed by atoms with E-state index in [0.29, 0.717) is 22.7 Å². The quantitative estimate of drug-likeness (QED) is 0.297. The molecule has 3 atom stereocenters. The molecule has 1 aliphatic rings. The van der Waals surface area contributed by atoms with E-state index in [-0.39, 0.29) is 5.69 Å². The molecule has 0 aromatic heterocycles. The van der Waals surface area contributed by atoms with Gasteiger partial charge in [0.2, 0.25) is 0 Å². The average Bonchev–Trinajstić information content (AvgIpc) is 2.67. The number of hydrogen-bond donors (Lipinski definition) is 3. The van der Waals surface area contributed by atoms with Gasteiger partial charge in [-0.2, -0.15) is 0 Å². The number of nitro benzene ring substituents is 1. The topological polar surface area (TPSA) is 129 Å². The minimum absolute atomic E-state index is 0.110. The number of ether oxygens (including phenoxy) is 3. The highest BCUT2D eigenvalue weighted by Gasteiger charge is 2.52. The summed E-state index contributed by atoms with van der Waals surface area (Å²) in [5, 5.41) is 25.6. The van der Waals surface area contributed by atoms with Crippen LogP contribution in [0.4, 0.5) is 17.1 Å². The first-order valence-electron chi connectivity index (χ1n) is 8.64.